The maximum Gasteiger partial charge on any atom is 0.329 e. The first-order chi connectivity index (χ1) is 8.87. The molecule has 0 spiro atoms. The molecular weight excluding hydrogens is 246 g/mol. The quantitative estimate of drug-likeness (QED) is 0.774. The molecule has 19 heavy (non-hydrogen) atoms. The molecule has 1 fully saturated rings. The van der Waals surface area contributed by atoms with Crippen LogP contribution in [0.25, 0.3) is 0 Å². The predicted octanol–water partition coefficient (Wildman–Crippen LogP) is 1.95. The Morgan fingerprint density at radius 3 is 2.26 bits per heavy atom. The van der Waals surface area contributed by atoms with E-state index in [1.54, 1.807) is 6.92 Å². The van der Waals surface area contributed by atoms with Crippen LogP contribution in [0.5, 0.6) is 0 Å². The van der Waals surface area contributed by atoms with E-state index < -0.39 is 17.6 Å². The largest absolute Gasteiger partial charge is 0.480 e. The highest BCUT2D eigenvalue weighted by atomic mass is 16.5. The molecule has 1 amide bonds. The number of amides is 1. The molecule has 5 heteroatoms. The van der Waals surface area contributed by atoms with Gasteiger partial charge in [-0.15, -0.1) is 0 Å². The van der Waals surface area contributed by atoms with E-state index in [1.807, 2.05) is 13.8 Å². The number of carboxylic acid groups (broad SMARTS) is 1. The molecule has 1 saturated carbocycles. The maximum atomic E-state index is 12.0. The number of carbonyl (C=O) groups is 2. The van der Waals surface area contributed by atoms with Crippen LogP contribution < -0.4 is 5.32 Å². The first kappa shape index (κ1) is 16.0. The fourth-order valence-corrected chi connectivity index (χ4v) is 2.30. The van der Waals surface area contributed by atoms with Gasteiger partial charge in [-0.2, -0.15) is 0 Å². The van der Waals surface area contributed by atoms with Gasteiger partial charge >= 0.3 is 5.97 Å². The van der Waals surface area contributed by atoms with E-state index in [0.29, 0.717) is 25.4 Å². The summed E-state index contributed by atoms with van der Waals surface area (Å²) in [6.45, 7) is 6.17. The molecule has 0 bridgehead atoms. The molecule has 1 atom stereocenters. The fraction of sp³-hybridized carbons (Fsp3) is 0.857. The molecule has 0 heterocycles. The number of aliphatic carboxylic acids is 1. The van der Waals surface area contributed by atoms with E-state index in [-0.39, 0.29) is 5.91 Å². The van der Waals surface area contributed by atoms with Gasteiger partial charge in [0.1, 0.15) is 11.6 Å². The lowest BCUT2D eigenvalue weighted by Crippen LogP contribution is -2.57. The molecule has 2 N–H and O–H groups in total. The third-order valence-electron chi connectivity index (χ3n) is 3.53. The summed E-state index contributed by atoms with van der Waals surface area (Å²) in [5.41, 5.74) is -1.09. The minimum absolute atomic E-state index is 0.329. The van der Waals surface area contributed by atoms with Crippen molar-refractivity contribution in [2.75, 3.05) is 6.61 Å². The molecule has 1 aliphatic carbocycles. The van der Waals surface area contributed by atoms with Gasteiger partial charge in [-0.1, -0.05) is 33.1 Å². The highest BCUT2D eigenvalue weighted by molar-refractivity contribution is 5.89. The van der Waals surface area contributed by atoms with Crippen molar-refractivity contribution in [1.29, 1.82) is 0 Å². The van der Waals surface area contributed by atoms with E-state index >= 15 is 0 Å². The van der Waals surface area contributed by atoms with Gasteiger partial charge in [0.15, 0.2) is 0 Å². The Kier molecular flexibility index (Phi) is 5.79. The summed E-state index contributed by atoms with van der Waals surface area (Å²) in [7, 11) is 0. The Labute approximate surface area is 114 Å². The molecule has 0 radical (unpaired) electrons. The van der Waals surface area contributed by atoms with Crippen molar-refractivity contribution in [2.24, 2.45) is 5.92 Å². The Morgan fingerprint density at radius 2 is 1.79 bits per heavy atom. The van der Waals surface area contributed by atoms with Crippen molar-refractivity contribution in [3.63, 3.8) is 0 Å². The summed E-state index contributed by atoms with van der Waals surface area (Å²) in [6, 6.07) is 0. The average Bonchev–Trinajstić information content (AvgIpc) is 2.36. The minimum Gasteiger partial charge on any atom is -0.480 e. The van der Waals surface area contributed by atoms with E-state index in [2.05, 4.69) is 5.32 Å². The van der Waals surface area contributed by atoms with E-state index in [9.17, 15) is 14.7 Å². The van der Waals surface area contributed by atoms with Crippen molar-refractivity contribution in [3.05, 3.63) is 0 Å². The van der Waals surface area contributed by atoms with Crippen molar-refractivity contribution in [3.8, 4) is 0 Å². The van der Waals surface area contributed by atoms with Crippen LogP contribution in [0.2, 0.25) is 0 Å². The Balaban J connectivity index is 2.58. The van der Waals surface area contributed by atoms with Gasteiger partial charge in [-0.3, -0.25) is 4.79 Å². The molecule has 1 unspecified atom stereocenters. The van der Waals surface area contributed by atoms with Crippen LogP contribution in [0.4, 0.5) is 0 Å². The summed E-state index contributed by atoms with van der Waals surface area (Å²) in [5.74, 6) is -0.917. The van der Waals surface area contributed by atoms with E-state index in [1.165, 1.54) is 0 Å². The van der Waals surface area contributed by atoms with Crippen LogP contribution in [0.1, 0.15) is 52.9 Å². The second-order valence-corrected chi connectivity index (χ2v) is 5.81. The topological polar surface area (TPSA) is 75.6 Å². The smallest absolute Gasteiger partial charge is 0.329 e. The van der Waals surface area contributed by atoms with E-state index in [0.717, 1.165) is 19.3 Å². The summed E-state index contributed by atoms with van der Waals surface area (Å²) in [6.07, 6.45) is 3.11. The summed E-state index contributed by atoms with van der Waals surface area (Å²) in [5, 5.41) is 12.1. The van der Waals surface area contributed by atoms with Crippen LogP contribution in [-0.2, 0) is 14.3 Å². The fourth-order valence-electron chi connectivity index (χ4n) is 2.30. The molecule has 0 aromatic rings. The van der Waals surface area contributed by atoms with Gasteiger partial charge in [0.2, 0.25) is 5.91 Å². The Bertz CT molecular complexity index is 321. The van der Waals surface area contributed by atoms with Gasteiger partial charge in [-0.05, 0) is 25.7 Å². The lowest BCUT2D eigenvalue weighted by molar-refractivity contribution is -0.151. The first-order valence-electron chi connectivity index (χ1n) is 7.04. The maximum absolute atomic E-state index is 12.0. The Morgan fingerprint density at radius 1 is 1.21 bits per heavy atom. The molecule has 0 aromatic carbocycles. The van der Waals surface area contributed by atoms with Gasteiger partial charge in [0.05, 0.1) is 0 Å². The number of carbonyl (C=O) groups excluding carboxylic acids is 1. The summed E-state index contributed by atoms with van der Waals surface area (Å²) < 4.78 is 5.43. The molecule has 0 aromatic heterocycles. The molecule has 0 aliphatic heterocycles. The predicted molar refractivity (Wildman–Crippen MR) is 71.8 cm³/mol. The monoisotopic (exact) mass is 271 g/mol. The number of hydrogen-bond acceptors (Lipinski definition) is 3. The normalized spacial score (nSPS) is 20.0. The van der Waals surface area contributed by atoms with Crippen molar-refractivity contribution < 1.29 is 19.4 Å². The van der Waals surface area contributed by atoms with Gasteiger partial charge < -0.3 is 15.2 Å². The zero-order valence-electron chi connectivity index (χ0n) is 12.1. The number of hydrogen-bond donors (Lipinski definition) is 2. The van der Waals surface area contributed by atoms with Gasteiger partial charge in [0, 0.05) is 6.61 Å². The second kappa shape index (κ2) is 6.89. The average molecular weight is 271 g/mol. The van der Waals surface area contributed by atoms with Gasteiger partial charge in [0.25, 0.3) is 0 Å². The molecule has 0 saturated heterocycles. The number of rotatable bonds is 6. The van der Waals surface area contributed by atoms with E-state index in [4.69, 9.17) is 4.74 Å². The second-order valence-electron chi connectivity index (χ2n) is 5.81. The molecular formula is C14H25NO4. The third-order valence-corrected chi connectivity index (χ3v) is 3.53. The van der Waals surface area contributed by atoms with Crippen LogP contribution in [0, 0.1) is 5.92 Å². The van der Waals surface area contributed by atoms with Crippen LogP contribution >= 0.6 is 0 Å². The standard InChI is InChI=1S/C14H25NO4/c1-10(2)9-19-11(3)12(16)15-14(13(17)18)7-5-4-6-8-14/h10-11H,4-9H2,1-3H3,(H,15,16)(H,17,18). The molecule has 1 aliphatic rings. The third kappa shape index (κ3) is 4.49. The SMILES string of the molecule is CC(C)COC(C)C(=O)NC1(C(=O)O)CCCCC1. The Hall–Kier alpha value is -1.10. The van der Waals surface area contributed by atoms with Crippen molar-refractivity contribution in [1.82, 2.24) is 5.32 Å². The lowest BCUT2D eigenvalue weighted by atomic mass is 9.81. The van der Waals surface area contributed by atoms with Crippen molar-refractivity contribution in [2.45, 2.75) is 64.5 Å². The van der Waals surface area contributed by atoms with Crippen LogP contribution in [0.3, 0.4) is 0 Å². The molecule has 1 rings (SSSR count). The number of nitrogens with one attached hydrogen (secondary N) is 1. The minimum atomic E-state index is -1.09. The number of carboxylic acids is 1. The summed E-state index contributed by atoms with van der Waals surface area (Å²) >= 11 is 0. The van der Waals surface area contributed by atoms with Crippen molar-refractivity contribution >= 4 is 11.9 Å². The lowest BCUT2D eigenvalue weighted by Gasteiger charge is -2.34. The first-order valence-corrected chi connectivity index (χ1v) is 7.04. The van der Waals surface area contributed by atoms with Gasteiger partial charge in [-0.25, -0.2) is 4.79 Å². The zero-order chi connectivity index (χ0) is 14.5. The van der Waals surface area contributed by atoms with Crippen LogP contribution in [-0.4, -0.2) is 35.2 Å². The molecule has 5 nitrogen and oxygen atoms in total. The molecule has 110 valence electrons. The number of ether oxygens (including phenoxy) is 1. The zero-order valence-corrected chi connectivity index (χ0v) is 12.1. The van der Waals surface area contributed by atoms with Crippen LogP contribution in [0.15, 0.2) is 0 Å². The highest BCUT2D eigenvalue weighted by Gasteiger charge is 2.41. The summed E-state index contributed by atoms with van der Waals surface area (Å²) in [4.78, 5) is 23.5. The highest BCUT2D eigenvalue weighted by Crippen LogP contribution is 2.28.